The van der Waals surface area contributed by atoms with Gasteiger partial charge < -0.3 is 0 Å². The number of fused-ring (bicyclic) bond motifs is 6. The molecule has 136 valence electrons. The molecule has 0 fully saturated rings. The number of rotatable bonds is 1. The number of hydrogen-bond donors (Lipinski definition) is 0. The van der Waals surface area contributed by atoms with Crippen molar-refractivity contribution in [3.05, 3.63) is 96.1 Å². The Hall–Kier alpha value is -3.49. The van der Waals surface area contributed by atoms with Crippen LogP contribution < -0.4 is 0 Å². The summed E-state index contributed by atoms with van der Waals surface area (Å²) >= 11 is 6.67. The highest BCUT2D eigenvalue weighted by Gasteiger charge is 2.15. The Labute approximate surface area is 172 Å². The van der Waals surface area contributed by atoms with E-state index in [-0.39, 0.29) is 0 Å². The van der Waals surface area contributed by atoms with Gasteiger partial charge in [-0.2, -0.15) is 0 Å². The molecule has 0 amide bonds. The zero-order valence-corrected chi connectivity index (χ0v) is 16.2. The smallest absolute Gasteiger partial charge is 0.156 e. The molecule has 1 heterocycles. The Morgan fingerprint density at radius 1 is 0.552 bits per heavy atom. The van der Waals surface area contributed by atoms with Crippen molar-refractivity contribution in [1.29, 1.82) is 0 Å². The molecule has 2 nitrogen and oxygen atoms in total. The maximum atomic E-state index is 6.67. The van der Waals surface area contributed by atoms with Crippen LogP contribution in [0.5, 0.6) is 0 Å². The van der Waals surface area contributed by atoms with Crippen LogP contribution in [-0.2, 0) is 0 Å². The minimum absolute atomic E-state index is 0.424. The highest BCUT2D eigenvalue weighted by atomic mass is 35.5. The van der Waals surface area contributed by atoms with E-state index in [1.807, 2.05) is 18.2 Å². The first kappa shape index (κ1) is 16.5. The largest absolute Gasteiger partial charge is 0.242 e. The number of aromatic nitrogens is 2. The van der Waals surface area contributed by atoms with E-state index in [1.165, 1.54) is 10.8 Å². The van der Waals surface area contributed by atoms with Crippen LogP contribution in [0.15, 0.2) is 91.0 Å². The van der Waals surface area contributed by atoms with Crippen molar-refractivity contribution in [3.8, 4) is 11.3 Å². The highest BCUT2D eigenvalue weighted by molar-refractivity contribution is 6.33. The second kappa shape index (κ2) is 6.26. The van der Waals surface area contributed by atoms with E-state index in [1.54, 1.807) is 0 Å². The predicted molar refractivity (Wildman–Crippen MR) is 123 cm³/mol. The first-order valence-corrected chi connectivity index (χ1v) is 9.93. The summed E-state index contributed by atoms with van der Waals surface area (Å²) in [5, 5.41) is 7.36. The second-order valence-electron chi connectivity index (χ2n) is 7.21. The molecule has 1 aromatic heterocycles. The summed E-state index contributed by atoms with van der Waals surface area (Å²) < 4.78 is 0. The molecule has 0 saturated carbocycles. The molecule has 0 N–H and O–H groups in total. The Balaban J connectivity index is 1.76. The van der Waals surface area contributed by atoms with Crippen LogP contribution in [0.2, 0.25) is 5.15 Å². The Morgan fingerprint density at radius 2 is 1.21 bits per heavy atom. The molecule has 6 rings (SSSR count). The van der Waals surface area contributed by atoms with Gasteiger partial charge >= 0.3 is 0 Å². The van der Waals surface area contributed by atoms with E-state index in [0.29, 0.717) is 5.15 Å². The molecule has 0 saturated heterocycles. The number of hydrogen-bond acceptors (Lipinski definition) is 2. The van der Waals surface area contributed by atoms with Crippen molar-refractivity contribution < 1.29 is 0 Å². The molecule has 6 aromatic rings. The molecule has 0 aliphatic rings. The summed E-state index contributed by atoms with van der Waals surface area (Å²) in [6.07, 6.45) is 0. The van der Waals surface area contributed by atoms with Gasteiger partial charge in [-0.15, -0.1) is 0 Å². The Morgan fingerprint density at radius 3 is 2.03 bits per heavy atom. The van der Waals surface area contributed by atoms with E-state index in [2.05, 4.69) is 72.8 Å². The molecule has 3 heteroatoms. The van der Waals surface area contributed by atoms with Crippen molar-refractivity contribution in [2.75, 3.05) is 0 Å². The quantitative estimate of drug-likeness (QED) is 0.273. The molecule has 0 bridgehead atoms. The van der Waals surface area contributed by atoms with Crippen molar-refractivity contribution in [1.82, 2.24) is 9.97 Å². The van der Waals surface area contributed by atoms with E-state index < -0.39 is 0 Å². The van der Waals surface area contributed by atoms with Crippen molar-refractivity contribution >= 4 is 55.0 Å². The minimum Gasteiger partial charge on any atom is -0.242 e. The SMILES string of the molecule is Clc1nc2ccc3ccccc3c2nc1-c1cc2ccccc2c2ccccc12. The Bertz CT molecular complexity index is 1570. The van der Waals surface area contributed by atoms with Gasteiger partial charge in [0, 0.05) is 10.9 Å². The van der Waals surface area contributed by atoms with E-state index in [0.717, 1.165) is 43.8 Å². The van der Waals surface area contributed by atoms with Gasteiger partial charge in [-0.1, -0.05) is 90.5 Å². The normalized spacial score (nSPS) is 11.6. The minimum atomic E-state index is 0.424. The van der Waals surface area contributed by atoms with E-state index >= 15 is 0 Å². The fourth-order valence-corrected chi connectivity index (χ4v) is 4.42. The zero-order valence-electron chi connectivity index (χ0n) is 15.4. The number of benzene rings is 5. The molecular weight excluding hydrogens is 376 g/mol. The lowest BCUT2D eigenvalue weighted by molar-refractivity contribution is 1.31. The standard InChI is InChI=1S/C26H15ClN2/c27-26-25(29-24-19-10-4-1-7-16(19)13-14-23(24)28-26)22-15-17-8-2-3-9-18(17)20-11-5-6-12-21(20)22/h1-15H. The summed E-state index contributed by atoms with van der Waals surface area (Å²) in [5.41, 5.74) is 3.41. The molecule has 0 atom stereocenters. The van der Waals surface area contributed by atoms with Crippen molar-refractivity contribution in [2.45, 2.75) is 0 Å². The maximum Gasteiger partial charge on any atom is 0.156 e. The molecule has 0 unspecified atom stereocenters. The first-order chi connectivity index (χ1) is 14.3. The van der Waals surface area contributed by atoms with Gasteiger partial charge in [0.15, 0.2) is 5.15 Å². The average Bonchev–Trinajstić information content (AvgIpc) is 2.78. The summed E-state index contributed by atoms with van der Waals surface area (Å²) in [7, 11) is 0. The van der Waals surface area contributed by atoms with Gasteiger partial charge in [-0.3, -0.25) is 0 Å². The second-order valence-corrected chi connectivity index (χ2v) is 7.57. The third-order valence-corrected chi connectivity index (χ3v) is 5.80. The molecule has 0 aliphatic heterocycles. The highest BCUT2D eigenvalue weighted by Crippen LogP contribution is 2.37. The van der Waals surface area contributed by atoms with Crippen LogP contribution in [0, 0.1) is 0 Å². The molecule has 0 spiro atoms. The zero-order chi connectivity index (χ0) is 19.4. The summed E-state index contributed by atoms with van der Waals surface area (Å²) in [6.45, 7) is 0. The van der Waals surface area contributed by atoms with Crippen molar-refractivity contribution in [2.24, 2.45) is 0 Å². The molecule has 0 radical (unpaired) electrons. The summed E-state index contributed by atoms with van der Waals surface area (Å²) in [4.78, 5) is 9.73. The fraction of sp³-hybridized carbons (Fsp3) is 0. The number of nitrogens with zero attached hydrogens (tertiary/aromatic N) is 2. The van der Waals surface area contributed by atoms with Crippen LogP contribution in [0.4, 0.5) is 0 Å². The van der Waals surface area contributed by atoms with Gasteiger partial charge in [-0.05, 0) is 39.1 Å². The molecule has 5 aromatic carbocycles. The lowest BCUT2D eigenvalue weighted by Crippen LogP contribution is -1.94. The predicted octanol–water partition coefficient (Wildman–Crippen LogP) is 7.41. The summed E-state index contributed by atoms with van der Waals surface area (Å²) in [6, 6.07) is 31.3. The van der Waals surface area contributed by atoms with Gasteiger partial charge in [0.1, 0.15) is 5.69 Å². The van der Waals surface area contributed by atoms with Gasteiger partial charge in [-0.25, -0.2) is 9.97 Å². The monoisotopic (exact) mass is 390 g/mol. The fourth-order valence-electron chi connectivity index (χ4n) is 4.19. The molecule has 0 aliphatic carbocycles. The summed E-state index contributed by atoms with van der Waals surface area (Å²) in [5.74, 6) is 0. The Kier molecular flexibility index (Phi) is 3.56. The van der Waals surface area contributed by atoms with E-state index in [9.17, 15) is 0 Å². The topological polar surface area (TPSA) is 25.8 Å². The van der Waals surface area contributed by atoms with Gasteiger partial charge in [0.25, 0.3) is 0 Å². The van der Waals surface area contributed by atoms with Crippen LogP contribution in [0.1, 0.15) is 0 Å². The van der Waals surface area contributed by atoms with Crippen LogP contribution in [-0.4, -0.2) is 9.97 Å². The molecule has 29 heavy (non-hydrogen) atoms. The lowest BCUT2D eigenvalue weighted by atomic mass is 9.95. The van der Waals surface area contributed by atoms with Gasteiger partial charge in [0.05, 0.1) is 11.0 Å². The lowest BCUT2D eigenvalue weighted by Gasteiger charge is -2.12. The average molecular weight is 391 g/mol. The molecular formula is C26H15ClN2. The van der Waals surface area contributed by atoms with Crippen molar-refractivity contribution in [3.63, 3.8) is 0 Å². The first-order valence-electron chi connectivity index (χ1n) is 9.55. The third kappa shape index (κ3) is 2.50. The maximum absolute atomic E-state index is 6.67. The number of halogens is 1. The van der Waals surface area contributed by atoms with E-state index in [4.69, 9.17) is 21.6 Å². The van der Waals surface area contributed by atoms with Gasteiger partial charge in [0.2, 0.25) is 0 Å². The van der Waals surface area contributed by atoms with Crippen LogP contribution >= 0.6 is 11.6 Å². The van der Waals surface area contributed by atoms with Crippen LogP contribution in [0.25, 0.3) is 54.6 Å². The third-order valence-electron chi connectivity index (χ3n) is 5.54. The van der Waals surface area contributed by atoms with Crippen LogP contribution in [0.3, 0.4) is 0 Å².